The molecule has 0 saturated carbocycles. The van der Waals surface area contributed by atoms with Crippen LogP contribution in [0.3, 0.4) is 0 Å². The first-order valence-electron chi connectivity index (χ1n) is 27.0. The van der Waals surface area contributed by atoms with E-state index in [1.54, 1.807) is 22.7 Å². The summed E-state index contributed by atoms with van der Waals surface area (Å²) >= 11 is 3.58. The molecule has 81 heavy (non-hydrogen) atoms. The fourth-order valence-electron chi connectivity index (χ4n) is 13.4. The van der Waals surface area contributed by atoms with Crippen LogP contribution < -0.4 is 0 Å². The fraction of sp³-hybridized carbons (Fsp3) is 0. The number of nitrogens with zero attached hydrogens (tertiary/aromatic N) is 4. The van der Waals surface area contributed by atoms with E-state index in [2.05, 4.69) is 258 Å². The second kappa shape index (κ2) is 17.5. The minimum Gasteiger partial charge on any atom is -0.454 e. The SMILES string of the molecule is N#Cc1c(-n2c3ccccc3c3c4sc5ccccc5c4ccc32)c(C#N)c2oc3c(-c4ccccc4)c(-c4ccccc4)c(-c4ccccc4)c(-c4ccccc4)c3c2c1-n1c2ccccc2c2c3sc4ccccc4c3ccc21. The van der Waals surface area contributed by atoms with Crippen molar-refractivity contribution in [3.05, 3.63) is 254 Å². The Kier molecular flexibility index (Phi) is 9.82. The van der Waals surface area contributed by atoms with Crippen LogP contribution >= 0.6 is 22.7 Å². The lowest BCUT2D eigenvalue weighted by molar-refractivity contribution is 0.668. The second-order valence-electron chi connectivity index (χ2n) is 20.7. The number of hydrogen-bond acceptors (Lipinski definition) is 5. The molecule has 17 rings (SSSR count). The molecule has 0 unspecified atom stereocenters. The summed E-state index contributed by atoms with van der Waals surface area (Å²) in [6.07, 6.45) is 0. The first-order chi connectivity index (χ1) is 40.2. The molecular weight excluding hydrogens is 1020 g/mol. The molecular formula is C74H40N4OS2. The molecule has 0 aliphatic carbocycles. The van der Waals surface area contributed by atoms with E-state index in [9.17, 15) is 10.5 Å². The first-order valence-corrected chi connectivity index (χ1v) is 28.7. The summed E-state index contributed by atoms with van der Waals surface area (Å²) in [6, 6.07) is 91.1. The van der Waals surface area contributed by atoms with E-state index in [-0.39, 0.29) is 5.56 Å². The highest BCUT2D eigenvalue weighted by atomic mass is 32.1. The number of para-hydroxylation sites is 2. The molecule has 5 heterocycles. The van der Waals surface area contributed by atoms with Crippen LogP contribution in [0.25, 0.3) is 162 Å². The zero-order valence-corrected chi connectivity index (χ0v) is 44.7. The largest absolute Gasteiger partial charge is 0.454 e. The van der Waals surface area contributed by atoms with Crippen molar-refractivity contribution in [3.8, 4) is 68.0 Å². The van der Waals surface area contributed by atoms with Gasteiger partial charge in [-0.25, -0.2) is 0 Å². The Balaban J connectivity index is 1.17. The number of rotatable bonds is 6. The van der Waals surface area contributed by atoms with Crippen LogP contribution in [0.4, 0.5) is 0 Å². The minimum atomic E-state index is 0.272. The topological polar surface area (TPSA) is 70.6 Å². The molecule has 0 N–H and O–H groups in total. The number of hydrogen-bond donors (Lipinski definition) is 0. The van der Waals surface area contributed by atoms with E-state index in [0.29, 0.717) is 33.5 Å². The van der Waals surface area contributed by atoms with Crippen LogP contribution in [-0.2, 0) is 0 Å². The summed E-state index contributed by atoms with van der Waals surface area (Å²) in [5.41, 5.74) is 14.2. The Morgan fingerprint density at radius 2 is 0.691 bits per heavy atom. The van der Waals surface area contributed by atoms with Crippen molar-refractivity contribution >= 4 is 129 Å². The highest BCUT2D eigenvalue weighted by molar-refractivity contribution is 7.27. The van der Waals surface area contributed by atoms with Crippen molar-refractivity contribution in [1.82, 2.24) is 9.13 Å². The molecule has 0 aliphatic heterocycles. The molecule has 17 aromatic rings. The Morgan fingerprint density at radius 3 is 1.17 bits per heavy atom. The Labute approximate surface area is 471 Å². The number of furan rings is 1. The van der Waals surface area contributed by atoms with Crippen molar-refractivity contribution in [3.63, 3.8) is 0 Å². The van der Waals surface area contributed by atoms with Crippen molar-refractivity contribution in [2.75, 3.05) is 0 Å². The van der Waals surface area contributed by atoms with E-state index >= 15 is 0 Å². The molecule has 0 aliphatic rings. The lowest BCUT2D eigenvalue weighted by Gasteiger charge is -2.23. The van der Waals surface area contributed by atoms with Gasteiger partial charge in [0.15, 0.2) is 5.58 Å². The summed E-state index contributed by atoms with van der Waals surface area (Å²) in [7, 11) is 0. The van der Waals surface area contributed by atoms with Crippen LogP contribution in [0.2, 0.25) is 0 Å². The van der Waals surface area contributed by atoms with Crippen LogP contribution in [0.1, 0.15) is 11.1 Å². The van der Waals surface area contributed by atoms with Crippen molar-refractivity contribution in [1.29, 1.82) is 10.5 Å². The molecule has 0 saturated heterocycles. The summed E-state index contributed by atoms with van der Waals surface area (Å²) in [5, 5.41) is 35.5. The molecule has 0 amide bonds. The lowest BCUT2D eigenvalue weighted by atomic mass is 9.80. The predicted octanol–water partition coefficient (Wildman–Crippen LogP) is 20.9. The van der Waals surface area contributed by atoms with Gasteiger partial charge in [0.2, 0.25) is 0 Å². The van der Waals surface area contributed by atoms with Gasteiger partial charge in [0.25, 0.3) is 0 Å². The van der Waals surface area contributed by atoms with E-state index in [1.807, 2.05) is 6.07 Å². The third-order valence-corrected chi connectivity index (χ3v) is 19.0. The Morgan fingerprint density at radius 1 is 0.296 bits per heavy atom. The third kappa shape index (κ3) is 6.33. The maximum absolute atomic E-state index is 12.6. The fourth-order valence-corrected chi connectivity index (χ4v) is 15.9. The monoisotopic (exact) mass is 1060 g/mol. The molecule has 0 fully saturated rings. The molecule has 7 heteroatoms. The maximum atomic E-state index is 12.6. The number of benzene rings is 12. The first kappa shape index (κ1) is 45.5. The van der Waals surface area contributed by atoms with Gasteiger partial charge in [0, 0.05) is 84.0 Å². The van der Waals surface area contributed by atoms with Gasteiger partial charge in [0.1, 0.15) is 28.8 Å². The predicted molar refractivity (Wildman–Crippen MR) is 339 cm³/mol. The number of nitriles is 2. The molecule has 0 bridgehead atoms. The molecule has 5 nitrogen and oxygen atoms in total. The van der Waals surface area contributed by atoms with E-state index in [1.165, 1.54) is 35.6 Å². The second-order valence-corrected chi connectivity index (χ2v) is 22.8. The normalized spacial score (nSPS) is 11.9. The van der Waals surface area contributed by atoms with Crippen molar-refractivity contribution in [2.24, 2.45) is 0 Å². The van der Waals surface area contributed by atoms with Crippen LogP contribution in [0.15, 0.2) is 247 Å². The van der Waals surface area contributed by atoms with Gasteiger partial charge < -0.3 is 13.6 Å². The van der Waals surface area contributed by atoms with Crippen LogP contribution in [0.5, 0.6) is 0 Å². The lowest BCUT2D eigenvalue weighted by Crippen LogP contribution is -2.08. The van der Waals surface area contributed by atoms with Crippen LogP contribution in [0, 0.1) is 22.7 Å². The summed E-state index contributed by atoms with van der Waals surface area (Å²) in [6.45, 7) is 0. The molecule has 0 atom stereocenters. The summed E-state index contributed by atoms with van der Waals surface area (Å²) in [4.78, 5) is 0. The Hall–Kier alpha value is -10.5. The van der Waals surface area contributed by atoms with E-state index < -0.39 is 0 Å². The van der Waals surface area contributed by atoms with E-state index in [0.717, 1.165) is 98.2 Å². The zero-order valence-electron chi connectivity index (χ0n) is 43.1. The molecule has 0 spiro atoms. The highest BCUT2D eigenvalue weighted by Gasteiger charge is 2.35. The number of aromatic nitrogens is 2. The zero-order chi connectivity index (χ0) is 53.4. The molecule has 5 aromatic heterocycles. The van der Waals surface area contributed by atoms with Gasteiger partial charge in [0.05, 0.1) is 38.8 Å². The Bertz CT molecular complexity index is 5590. The average molecular weight is 1070 g/mol. The van der Waals surface area contributed by atoms with Gasteiger partial charge in [-0.2, -0.15) is 10.5 Å². The molecule has 0 radical (unpaired) electrons. The van der Waals surface area contributed by atoms with Crippen molar-refractivity contribution < 1.29 is 4.42 Å². The molecule has 374 valence electrons. The van der Waals surface area contributed by atoms with E-state index in [4.69, 9.17) is 4.42 Å². The maximum Gasteiger partial charge on any atom is 0.157 e. The van der Waals surface area contributed by atoms with Gasteiger partial charge in [-0.15, -0.1) is 22.7 Å². The third-order valence-electron chi connectivity index (χ3n) is 16.6. The van der Waals surface area contributed by atoms with Gasteiger partial charge in [-0.3, -0.25) is 0 Å². The highest BCUT2D eigenvalue weighted by Crippen LogP contribution is 2.57. The average Bonchev–Trinajstić information content (AvgIpc) is 3.42. The van der Waals surface area contributed by atoms with Crippen LogP contribution in [-0.4, -0.2) is 9.13 Å². The minimum absolute atomic E-state index is 0.272. The number of fused-ring (bicyclic) bond motifs is 17. The quantitative estimate of drug-likeness (QED) is 0.167. The number of thiophene rings is 2. The van der Waals surface area contributed by atoms with Gasteiger partial charge in [-0.1, -0.05) is 206 Å². The van der Waals surface area contributed by atoms with Gasteiger partial charge >= 0.3 is 0 Å². The summed E-state index contributed by atoms with van der Waals surface area (Å²) < 4.78 is 17.1. The smallest absolute Gasteiger partial charge is 0.157 e. The van der Waals surface area contributed by atoms with Crippen molar-refractivity contribution in [2.45, 2.75) is 0 Å². The standard InChI is InChI=1S/C74H40N4OS2/c75-41-53-69(77-55-33-17-13-31-51(55)65-57(77)39-37-49-47-29-15-19-35-59(47)80-73(49)65)54(42-76)71-68(70(53)78-56-34-18-14-32-52(56)66-58(78)40-38-50-48-30-16-20-36-60(48)81-74(50)66)67-63(45-25-9-3-10-26-45)61(43-21-5-1-6-22-43)62(44-23-7-2-8-24-44)64(72(67)79-71)46-27-11-4-12-28-46/h1-40H. The summed E-state index contributed by atoms with van der Waals surface area (Å²) in [5.74, 6) is 0. The van der Waals surface area contributed by atoms with Gasteiger partial charge in [-0.05, 0) is 64.2 Å². The molecule has 12 aromatic carbocycles.